The molecule has 0 saturated heterocycles. The normalized spacial score (nSPS) is 10.9. The molecule has 9 nitrogen and oxygen atoms in total. The topological polar surface area (TPSA) is 127 Å². The number of hydrogen-bond donors (Lipinski definition) is 2. The van der Waals surface area contributed by atoms with Crippen molar-refractivity contribution in [3.63, 3.8) is 0 Å². The molecule has 0 bridgehead atoms. The van der Waals surface area contributed by atoms with E-state index in [1.807, 2.05) is 35.7 Å². The number of Topliss-reactive ketones (excluding diaryl/α,β-unsaturated/α-hetero) is 1. The number of methoxy groups -OCH3 is 1. The predicted molar refractivity (Wildman–Crippen MR) is 133 cm³/mol. The molecule has 0 aliphatic carbocycles. The van der Waals surface area contributed by atoms with Gasteiger partial charge in [-0.2, -0.15) is 0 Å². The quantitative estimate of drug-likeness (QED) is 0.301. The first-order chi connectivity index (χ1) is 16.4. The van der Waals surface area contributed by atoms with Crippen LogP contribution in [0.4, 0.5) is 11.5 Å². The van der Waals surface area contributed by atoms with E-state index in [9.17, 15) is 19.2 Å². The Labute approximate surface area is 200 Å². The fraction of sp³-hybridized carbons (Fsp3) is 0.333. The maximum Gasteiger partial charge on any atom is 0.330 e. The van der Waals surface area contributed by atoms with Gasteiger partial charge < -0.3 is 15.4 Å². The minimum atomic E-state index is -0.729. The van der Waals surface area contributed by atoms with Crippen LogP contribution in [0.2, 0.25) is 0 Å². The first-order valence-corrected chi connectivity index (χ1v) is 11.8. The summed E-state index contributed by atoms with van der Waals surface area (Å²) in [6.07, 6.45) is 1.07. The van der Waals surface area contributed by atoms with E-state index in [1.54, 1.807) is 19.2 Å². The molecule has 10 heteroatoms. The molecular weight excluding hydrogens is 456 g/mol. The van der Waals surface area contributed by atoms with Crippen LogP contribution in [0, 0.1) is 0 Å². The summed E-state index contributed by atoms with van der Waals surface area (Å²) in [6.45, 7) is 0.704. The number of nitrogens with one attached hydrogen (secondary N) is 1. The van der Waals surface area contributed by atoms with Crippen molar-refractivity contribution in [2.75, 3.05) is 30.9 Å². The number of hydrogen-bond acceptors (Lipinski definition) is 7. The monoisotopic (exact) mass is 484 g/mol. The Balaban J connectivity index is 1.84. The molecule has 0 aliphatic rings. The molecule has 3 aromatic rings. The van der Waals surface area contributed by atoms with Crippen molar-refractivity contribution >= 4 is 34.5 Å². The molecule has 1 aromatic carbocycles. The van der Waals surface area contributed by atoms with Gasteiger partial charge in [-0.25, -0.2) is 4.79 Å². The van der Waals surface area contributed by atoms with E-state index < -0.39 is 11.2 Å². The highest BCUT2D eigenvalue weighted by molar-refractivity contribution is 7.12. The van der Waals surface area contributed by atoms with Gasteiger partial charge in [-0.15, -0.1) is 11.3 Å². The molecular formula is C24H28N4O5S. The van der Waals surface area contributed by atoms with Gasteiger partial charge >= 0.3 is 5.69 Å². The Morgan fingerprint density at radius 2 is 1.85 bits per heavy atom. The highest BCUT2D eigenvalue weighted by Gasteiger charge is 2.24. The van der Waals surface area contributed by atoms with Crippen LogP contribution in [0.5, 0.6) is 0 Å². The second-order valence-corrected chi connectivity index (χ2v) is 8.66. The number of anilines is 2. The Kier molecular flexibility index (Phi) is 8.94. The Morgan fingerprint density at radius 3 is 2.53 bits per heavy atom. The van der Waals surface area contributed by atoms with E-state index in [0.29, 0.717) is 24.3 Å². The van der Waals surface area contributed by atoms with Crippen LogP contribution >= 0.6 is 11.3 Å². The van der Waals surface area contributed by atoms with Crippen LogP contribution in [0.1, 0.15) is 40.9 Å². The molecule has 3 rings (SSSR count). The van der Waals surface area contributed by atoms with Gasteiger partial charge in [0.25, 0.3) is 5.56 Å². The second kappa shape index (κ2) is 12.1. The highest BCUT2D eigenvalue weighted by atomic mass is 32.1. The van der Waals surface area contributed by atoms with Gasteiger partial charge in [-0.3, -0.25) is 23.9 Å². The molecule has 1 amide bonds. The molecule has 0 fully saturated rings. The van der Waals surface area contributed by atoms with Gasteiger partial charge in [0.1, 0.15) is 5.82 Å². The number of carbonyl (C=O) groups excluding carboxylic acids is 2. The third-order valence-corrected chi connectivity index (χ3v) is 6.20. The standard InChI is InChI=1S/C24H28N4O5S/c1-33-14-7-13-27(20(30)12-5-10-18(29)19-11-6-15-34-19)21-22(25)28(24(32)26-23(21)31)16-17-8-3-2-4-9-17/h2-4,6,8-9,11,15H,5,7,10,12-14,16,25H2,1H3,(H,26,31,32). The SMILES string of the molecule is COCCCN(C(=O)CCCC(=O)c1cccs1)c1c(N)n(Cc2ccccc2)c(=O)[nH]c1=O. The number of rotatable bonds is 12. The van der Waals surface area contributed by atoms with Crippen molar-refractivity contribution in [1.29, 1.82) is 0 Å². The van der Waals surface area contributed by atoms with Crippen LogP contribution < -0.4 is 21.9 Å². The molecule has 0 atom stereocenters. The zero-order chi connectivity index (χ0) is 24.5. The summed E-state index contributed by atoms with van der Waals surface area (Å²) < 4.78 is 6.33. The average molecular weight is 485 g/mol. The molecule has 0 aliphatic heterocycles. The number of carbonyl (C=O) groups is 2. The summed E-state index contributed by atoms with van der Waals surface area (Å²) in [5.41, 5.74) is 5.65. The fourth-order valence-electron chi connectivity index (χ4n) is 3.58. The zero-order valence-corrected chi connectivity index (χ0v) is 19.8. The van der Waals surface area contributed by atoms with Crippen LogP contribution in [0.25, 0.3) is 0 Å². The number of aromatic nitrogens is 2. The lowest BCUT2D eigenvalue weighted by Gasteiger charge is -2.24. The Morgan fingerprint density at radius 1 is 1.09 bits per heavy atom. The number of benzene rings is 1. The predicted octanol–water partition coefficient (Wildman–Crippen LogP) is 2.65. The van der Waals surface area contributed by atoms with Crippen LogP contribution in [0.3, 0.4) is 0 Å². The average Bonchev–Trinajstić information content (AvgIpc) is 3.36. The number of nitrogens with zero attached hydrogens (tertiary/aromatic N) is 2. The number of nitrogen functional groups attached to an aromatic ring is 1. The van der Waals surface area contributed by atoms with Gasteiger partial charge in [0, 0.05) is 33.1 Å². The number of aromatic amines is 1. The summed E-state index contributed by atoms with van der Waals surface area (Å²) in [5, 5.41) is 1.83. The largest absolute Gasteiger partial charge is 0.385 e. The number of ketones is 1. The van der Waals surface area contributed by atoms with Crippen molar-refractivity contribution < 1.29 is 14.3 Å². The number of H-pyrrole nitrogens is 1. The van der Waals surface area contributed by atoms with Crippen LogP contribution in [-0.4, -0.2) is 41.5 Å². The maximum atomic E-state index is 13.1. The smallest absolute Gasteiger partial charge is 0.330 e. The molecule has 34 heavy (non-hydrogen) atoms. The minimum absolute atomic E-state index is 0.0255. The van der Waals surface area contributed by atoms with Crippen LogP contribution in [-0.2, 0) is 16.1 Å². The van der Waals surface area contributed by atoms with Gasteiger partial charge in [0.15, 0.2) is 11.5 Å². The van der Waals surface area contributed by atoms with Gasteiger partial charge in [-0.1, -0.05) is 36.4 Å². The maximum absolute atomic E-state index is 13.1. The molecule has 2 aromatic heterocycles. The third kappa shape index (κ3) is 6.30. The first kappa shape index (κ1) is 25.1. The first-order valence-electron chi connectivity index (χ1n) is 10.9. The fourth-order valence-corrected chi connectivity index (χ4v) is 4.28. The number of ether oxygens (including phenoxy) is 1. The second-order valence-electron chi connectivity index (χ2n) is 7.71. The number of amides is 1. The summed E-state index contributed by atoms with van der Waals surface area (Å²) in [5.74, 6) is -0.460. The van der Waals surface area contributed by atoms with E-state index in [0.717, 1.165) is 5.56 Å². The molecule has 3 N–H and O–H groups in total. The lowest BCUT2D eigenvalue weighted by atomic mass is 10.1. The van der Waals surface area contributed by atoms with E-state index >= 15 is 0 Å². The molecule has 0 unspecified atom stereocenters. The Hall–Kier alpha value is -3.50. The molecule has 180 valence electrons. The highest BCUT2D eigenvalue weighted by Crippen LogP contribution is 2.20. The number of thiophene rings is 1. The van der Waals surface area contributed by atoms with Gasteiger partial charge in [-0.05, 0) is 29.9 Å². The summed E-state index contributed by atoms with van der Waals surface area (Å²) in [6, 6.07) is 12.8. The lowest BCUT2D eigenvalue weighted by Crippen LogP contribution is -2.42. The van der Waals surface area contributed by atoms with Crippen molar-refractivity contribution in [2.45, 2.75) is 32.2 Å². The van der Waals surface area contributed by atoms with Gasteiger partial charge in [0.2, 0.25) is 5.91 Å². The van der Waals surface area contributed by atoms with Crippen LogP contribution in [0.15, 0.2) is 57.4 Å². The summed E-state index contributed by atoms with van der Waals surface area (Å²) >= 11 is 1.36. The van der Waals surface area contributed by atoms with Gasteiger partial charge in [0.05, 0.1) is 11.4 Å². The van der Waals surface area contributed by atoms with E-state index in [-0.39, 0.29) is 49.1 Å². The van der Waals surface area contributed by atoms with Crippen molar-refractivity contribution in [1.82, 2.24) is 9.55 Å². The zero-order valence-electron chi connectivity index (χ0n) is 19.0. The van der Waals surface area contributed by atoms with E-state index in [1.165, 1.54) is 20.8 Å². The van der Waals surface area contributed by atoms with E-state index in [2.05, 4.69) is 4.98 Å². The minimum Gasteiger partial charge on any atom is -0.385 e. The number of nitrogens with two attached hydrogens (primary N) is 1. The molecule has 0 radical (unpaired) electrons. The third-order valence-electron chi connectivity index (χ3n) is 5.29. The van der Waals surface area contributed by atoms with Crippen molar-refractivity contribution in [2.24, 2.45) is 0 Å². The summed E-state index contributed by atoms with van der Waals surface area (Å²) in [4.78, 5) is 54.9. The summed E-state index contributed by atoms with van der Waals surface area (Å²) in [7, 11) is 1.55. The molecule has 0 spiro atoms. The lowest BCUT2D eigenvalue weighted by molar-refractivity contribution is -0.118. The van der Waals surface area contributed by atoms with Crippen molar-refractivity contribution in [3.8, 4) is 0 Å². The molecule has 0 saturated carbocycles. The Bertz CT molecular complexity index is 1220. The van der Waals surface area contributed by atoms with Crippen molar-refractivity contribution in [3.05, 3.63) is 79.1 Å². The molecule has 2 heterocycles. The van der Waals surface area contributed by atoms with E-state index in [4.69, 9.17) is 10.5 Å².